The maximum atomic E-state index is 13.0. The minimum atomic E-state index is -0.770. The van der Waals surface area contributed by atoms with E-state index in [2.05, 4.69) is 0 Å². The first-order valence-corrected chi connectivity index (χ1v) is 8.41. The molecule has 2 N–H and O–H groups in total. The van der Waals surface area contributed by atoms with E-state index in [1.807, 2.05) is 13.8 Å². The van der Waals surface area contributed by atoms with Crippen molar-refractivity contribution in [2.75, 3.05) is 19.6 Å². The highest BCUT2D eigenvalue weighted by atomic mass is 35.5. The fraction of sp³-hybridized carbons (Fsp3) is 0.500. The highest BCUT2D eigenvalue weighted by Gasteiger charge is 2.45. The largest absolute Gasteiger partial charge is 0.341 e. The van der Waals surface area contributed by atoms with Gasteiger partial charge in [-0.2, -0.15) is 0 Å². The molecule has 1 saturated heterocycles. The van der Waals surface area contributed by atoms with Gasteiger partial charge < -0.3 is 10.6 Å². The van der Waals surface area contributed by atoms with E-state index in [0.29, 0.717) is 36.7 Å². The number of hydrogen-bond donors (Lipinski definition) is 1. The lowest BCUT2D eigenvalue weighted by atomic mass is 10.0. The summed E-state index contributed by atoms with van der Waals surface area (Å²) in [6, 6.07) is 5.96. The molecule has 25 heavy (non-hydrogen) atoms. The number of amides is 3. The van der Waals surface area contributed by atoms with Crippen molar-refractivity contribution in [3.63, 3.8) is 0 Å². The summed E-state index contributed by atoms with van der Waals surface area (Å²) in [6.07, 6.45) is 0.870. The number of carbonyl (C=O) groups excluding carboxylic acids is 3. The van der Waals surface area contributed by atoms with E-state index in [9.17, 15) is 14.4 Å². The Balaban J connectivity index is 0.00000225. The number of rotatable bonds is 4. The summed E-state index contributed by atoms with van der Waals surface area (Å²) in [4.78, 5) is 41.3. The number of halogens is 1. The Bertz CT molecular complexity index is 657. The van der Waals surface area contributed by atoms with Crippen molar-refractivity contribution in [2.45, 2.75) is 26.3 Å². The zero-order valence-electron chi connectivity index (χ0n) is 14.5. The van der Waals surface area contributed by atoms with E-state index in [4.69, 9.17) is 5.73 Å². The summed E-state index contributed by atoms with van der Waals surface area (Å²) in [6.45, 7) is 5.50. The van der Waals surface area contributed by atoms with Gasteiger partial charge in [0.25, 0.3) is 11.8 Å². The number of nitrogens with two attached hydrogens (primary N) is 1. The molecule has 6 nitrogen and oxygen atoms in total. The molecule has 0 spiro atoms. The Morgan fingerprint density at radius 2 is 1.76 bits per heavy atom. The van der Waals surface area contributed by atoms with Crippen LogP contribution in [0.4, 0.5) is 0 Å². The monoisotopic (exact) mass is 365 g/mol. The van der Waals surface area contributed by atoms with Gasteiger partial charge in [-0.15, -0.1) is 12.4 Å². The summed E-state index contributed by atoms with van der Waals surface area (Å²) in [7, 11) is 0. The lowest BCUT2D eigenvalue weighted by Gasteiger charge is -2.32. The molecule has 2 aliphatic rings. The Kier molecular flexibility index (Phi) is 5.85. The SMILES string of the molecule is CC(C)C(C(=O)N1CCC(CN)C1)N1C(=O)c2ccccc2C1=O.Cl. The Morgan fingerprint density at radius 3 is 2.20 bits per heavy atom. The number of carbonyl (C=O) groups is 3. The van der Waals surface area contributed by atoms with Crippen LogP contribution in [0, 0.1) is 11.8 Å². The molecule has 1 aromatic carbocycles. The normalized spacial score (nSPS) is 20.7. The second-order valence-corrected chi connectivity index (χ2v) is 6.89. The molecule has 2 atom stereocenters. The molecule has 2 aliphatic heterocycles. The smallest absolute Gasteiger partial charge is 0.262 e. The zero-order valence-corrected chi connectivity index (χ0v) is 15.3. The van der Waals surface area contributed by atoms with Gasteiger partial charge in [-0.05, 0) is 36.9 Å². The summed E-state index contributed by atoms with van der Waals surface area (Å²) in [5, 5.41) is 0. The fourth-order valence-electron chi connectivity index (χ4n) is 3.57. The first kappa shape index (κ1) is 19.4. The molecule has 0 aromatic heterocycles. The second kappa shape index (κ2) is 7.54. The third-order valence-corrected chi connectivity index (χ3v) is 4.92. The number of benzene rings is 1. The molecule has 2 heterocycles. The molecule has 136 valence electrons. The van der Waals surface area contributed by atoms with E-state index in [1.165, 1.54) is 0 Å². The van der Waals surface area contributed by atoms with Gasteiger partial charge in [0.15, 0.2) is 0 Å². The summed E-state index contributed by atoms with van der Waals surface area (Å²) in [5.41, 5.74) is 6.45. The molecule has 2 unspecified atom stereocenters. The van der Waals surface area contributed by atoms with Crippen LogP contribution in [0.1, 0.15) is 41.0 Å². The van der Waals surface area contributed by atoms with Gasteiger partial charge in [0.2, 0.25) is 5.91 Å². The van der Waals surface area contributed by atoms with Crippen LogP contribution < -0.4 is 5.73 Å². The Hall–Kier alpha value is -1.92. The molecule has 0 saturated carbocycles. The van der Waals surface area contributed by atoms with Gasteiger partial charge in [-0.25, -0.2) is 0 Å². The van der Waals surface area contributed by atoms with E-state index in [-0.39, 0.29) is 36.0 Å². The first-order valence-electron chi connectivity index (χ1n) is 8.41. The molecular formula is C18H24ClN3O3. The highest BCUT2D eigenvalue weighted by Crippen LogP contribution is 2.29. The van der Waals surface area contributed by atoms with Crippen molar-refractivity contribution in [3.8, 4) is 0 Å². The first-order chi connectivity index (χ1) is 11.5. The summed E-state index contributed by atoms with van der Waals surface area (Å²) >= 11 is 0. The van der Waals surface area contributed by atoms with Crippen molar-refractivity contribution in [1.82, 2.24) is 9.80 Å². The number of nitrogens with zero attached hydrogens (tertiary/aromatic N) is 2. The van der Waals surface area contributed by atoms with Crippen LogP contribution in [0.15, 0.2) is 24.3 Å². The van der Waals surface area contributed by atoms with Gasteiger partial charge in [-0.3, -0.25) is 19.3 Å². The average molecular weight is 366 g/mol. The van der Waals surface area contributed by atoms with Crippen LogP contribution in [0.25, 0.3) is 0 Å². The topological polar surface area (TPSA) is 83.7 Å². The molecule has 0 aliphatic carbocycles. The molecule has 3 rings (SSSR count). The molecule has 3 amide bonds. The number of imide groups is 1. The molecule has 1 fully saturated rings. The van der Waals surface area contributed by atoms with Crippen molar-refractivity contribution in [1.29, 1.82) is 0 Å². The number of likely N-dealkylation sites (tertiary alicyclic amines) is 1. The minimum Gasteiger partial charge on any atom is -0.341 e. The van der Waals surface area contributed by atoms with Gasteiger partial charge >= 0.3 is 0 Å². The van der Waals surface area contributed by atoms with Crippen LogP contribution >= 0.6 is 12.4 Å². The highest BCUT2D eigenvalue weighted by molar-refractivity contribution is 6.22. The standard InChI is InChI=1S/C18H23N3O3.ClH/c1-11(2)15(18(24)20-8-7-12(9-19)10-20)21-16(22)13-5-3-4-6-14(13)17(21)23;/h3-6,11-12,15H,7-10,19H2,1-2H3;1H. The lowest BCUT2D eigenvalue weighted by Crippen LogP contribution is -2.53. The third kappa shape index (κ3) is 3.28. The lowest BCUT2D eigenvalue weighted by molar-refractivity contribution is -0.135. The van der Waals surface area contributed by atoms with E-state index in [1.54, 1.807) is 29.2 Å². The van der Waals surface area contributed by atoms with Gasteiger partial charge in [0.05, 0.1) is 11.1 Å². The van der Waals surface area contributed by atoms with Crippen molar-refractivity contribution < 1.29 is 14.4 Å². The van der Waals surface area contributed by atoms with Crippen LogP contribution in [0.5, 0.6) is 0 Å². The molecule has 0 radical (unpaired) electrons. The third-order valence-electron chi connectivity index (χ3n) is 4.92. The van der Waals surface area contributed by atoms with E-state index >= 15 is 0 Å². The Labute approximate surface area is 153 Å². The summed E-state index contributed by atoms with van der Waals surface area (Å²) < 4.78 is 0. The molecular weight excluding hydrogens is 342 g/mol. The van der Waals surface area contributed by atoms with Crippen LogP contribution in [0.3, 0.4) is 0 Å². The van der Waals surface area contributed by atoms with Gasteiger partial charge in [-0.1, -0.05) is 26.0 Å². The average Bonchev–Trinajstić information content (AvgIpc) is 3.14. The number of hydrogen-bond acceptors (Lipinski definition) is 4. The van der Waals surface area contributed by atoms with Crippen LogP contribution in [-0.4, -0.2) is 53.2 Å². The predicted octanol–water partition coefficient (Wildman–Crippen LogP) is 1.54. The summed E-state index contributed by atoms with van der Waals surface area (Å²) in [5.74, 6) is -0.773. The van der Waals surface area contributed by atoms with Crippen molar-refractivity contribution in [3.05, 3.63) is 35.4 Å². The second-order valence-electron chi connectivity index (χ2n) is 6.89. The maximum Gasteiger partial charge on any atom is 0.262 e. The van der Waals surface area contributed by atoms with Crippen molar-refractivity contribution in [2.24, 2.45) is 17.6 Å². The fourth-order valence-corrected chi connectivity index (χ4v) is 3.57. The van der Waals surface area contributed by atoms with Crippen LogP contribution in [0.2, 0.25) is 0 Å². The predicted molar refractivity (Wildman–Crippen MR) is 96.6 cm³/mol. The Morgan fingerprint density at radius 1 is 1.20 bits per heavy atom. The van der Waals surface area contributed by atoms with E-state index in [0.717, 1.165) is 11.3 Å². The van der Waals surface area contributed by atoms with Crippen molar-refractivity contribution >= 4 is 30.1 Å². The molecule has 7 heteroatoms. The zero-order chi connectivity index (χ0) is 17.4. The van der Waals surface area contributed by atoms with Gasteiger partial charge in [0, 0.05) is 13.1 Å². The van der Waals surface area contributed by atoms with Gasteiger partial charge in [0.1, 0.15) is 6.04 Å². The number of fused-ring (bicyclic) bond motifs is 1. The quantitative estimate of drug-likeness (QED) is 0.820. The molecule has 1 aromatic rings. The van der Waals surface area contributed by atoms with Crippen LogP contribution in [-0.2, 0) is 4.79 Å². The minimum absolute atomic E-state index is 0. The molecule has 0 bridgehead atoms. The van der Waals surface area contributed by atoms with E-state index < -0.39 is 6.04 Å². The maximum absolute atomic E-state index is 13.0.